The second kappa shape index (κ2) is 6.13. The Hall–Kier alpha value is -2.19. The van der Waals surface area contributed by atoms with Gasteiger partial charge in [0.05, 0.1) is 18.0 Å². The van der Waals surface area contributed by atoms with E-state index < -0.39 is 0 Å². The van der Waals surface area contributed by atoms with Crippen LogP contribution in [0.3, 0.4) is 0 Å². The van der Waals surface area contributed by atoms with E-state index >= 15 is 0 Å². The van der Waals surface area contributed by atoms with E-state index in [-0.39, 0.29) is 0 Å². The third-order valence-electron chi connectivity index (χ3n) is 3.94. The summed E-state index contributed by atoms with van der Waals surface area (Å²) in [6, 6.07) is 1.97. The largest absolute Gasteiger partial charge is 0.381 e. The van der Waals surface area contributed by atoms with Crippen molar-refractivity contribution in [3.63, 3.8) is 0 Å². The molecule has 1 fully saturated rings. The number of nitrogens with zero attached hydrogens (tertiary/aromatic N) is 4. The molecule has 0 radical (unpaired) electrons. The number of rotatable bonds is 5. The van der Waals surface area contributed by atoms with Gasteiger partial charge < -0.3 is 15.8 Å². The highest BCUT2D eigenvalue weighted by Crippen LogP contribution is 2.25. The number of fused-ring (bicyclic) bond motifs is 1. The third-order valence-corrected chi connectivity index (χ3v) is 4.71. The maximum atomic E-state index is 5.83. The first-order valence-corrected chi connectivity index (χ1v) is 8.53. The molecule has 3 aromatic heterocycles. The number of anilines is 2. The normalized spacial score (nSPS) is 17.8. The zero-order chi connectivity index (χ0) is 15.6. The molecule has 4 heterocycles. The zero-order valence-corrected chi connectivity index (χ0v) is 13.4. The van der Waals surface area contributed by atoms with Gasteiger partial charge in [0.15, 0.2) is 4.96 Å². The summed E-state index contributed by atoms with van der Waals surface area (Å²) in [7, 11) is 0. The van der Waals surface area contributed by atoms with Gasteiger partial charge in [0.1, 0.15) is 5.82 Å². The Bertz CT molecular complexity index is 779. The molecule has 1 unspecified atom stereocenters. The lowest BCUT2D eigenvalue weighted by Gasteiger charge is -2.11. The molecule has 8 heteroatoms. The first-order valence-electron chi connectivity index (χ1n) is 7.65. The minimum Gasteiger partial charge on any atom is -0.381 e. The maximum absolute atomic E-state index is 5.83. The van der Waals surface area contributed by atoms with Crippen molar-refractivity contribution in [2.45, 2.75) is 18.8 Å². The molecule has 0 spiro atoms. The average molecular weight is 330 g/mol. The van der Waals surface area contributed by atoms with Crippen LogP contribution >= 0.6 is 11.3 Å². The van der Waals surface area contributed by atoms with E-state index in [2.05, 4.69) is 26.5 Å². The van der Waals surface area contributed by atoms with Crippen molar-refractivity contribution in [2.24, 2.45) is 0 Å². The van der Waals surface area contributed by atoms with Crippen LogP contribution in [0.4, 0.5) is 11.8 Å². The highest BCUT2D eigenvalue weighted by Gasteiger charge is 2.20. The Morgan fingerprint density at radius 1 is 1.39 bits per heavy atom. The molecule has 0 saturated carbocycles. The second-order valence-electron chi connectivity index (χ2n) is 5.60. The lowest BCUT2D eigenvalue weighted by atomic mass is 10.0. The molecule has 3 N–H and O–H groups in total. The summed E-state index contributed by atoms with van der Waals surface area (Å²) in [5, 5.41) is 5.35. The summed E-state index contributed by atoms with van der Waals surface area (Å²) in [5.41, 5.74) is 7.85. The van der Waals surface area contributed by atoms with Crippen LogP contribution < -0.4 is 11.1 Å². The monoisotopic (exact) mass is 330 g/mol. The molecule has 1 atom stereocenters. The summed E-state index contributed by atoms with van der Waals surface area (Å²) >= 11 is 1.64. The molecule has 7 nitrogen and oxygen atoms in total. The molecular weight excluding hydrogens is 312 g/mol. The van der Waals surface area contributed by atoms with Crippen LogP contribution in [-0.4, -0.2) is 39.1 Å². The predicted molar refractivity (Wildman–Crippen MR) is 89.9 cm³/mol. The number of thiazole rings is 1. The lowest BCUT2D eigenvalue weighted by Crippen LogP contribution is -2.11. The van der Waals surface area contributed by atoms with Gasteiger partial charge in [0, 0.05) is 49.3 Å². The summed E-state index contributed by atoms with van der Waals surface area (Å²) in [6.07, 6.45) is 5.90. The Labute approximate surface area is 137 Å². The molecule has 4 rings (SSSR count). The van der Waals surface area contributed by atoms with Crippen LogP contribution in [0.15, 0.2) is 23.8 Å². The Balaban J connectivity index is 1.40. The van der Waals surface area contributed by atoms with Crippen LogP contribution in [0.5, 0.6) is 0 Å². The van der Waals surface area contributed by atoms with Gasteiger partial charge in [-0.15, -0.1) is 11.3 Å². The van der Waals surface area contributed by atoms with Crippen molar-refractivity contribution in [2.75, 3.05) is 30.8 Å². The van der Waals surface area contributed by atoms with Gasteiger partial charge in [-0.05, 0) is 6.42 Å². The number of nitrogen functional groups attached to an aromatic ring is 1. The predicted octanol–water partition coefficient (Wildman–Crippen LogP) is 1.93. The topological polar surface area (TPSA) is 90.4 Å². The number of aromatic nitrogens is 4. The summed E-state index contributed by atoms with van der Waals surface area (Å²) < 4.78 is 7.46. The van der Waals surface area contributed by atoms with Gasteiger partial charge in [-0.25, -0.2) is 9.97 Å². The summed E-state index contributed by atoms with van der Waals surface area (Å²) in [5.74, 6) is 1.39. The van der Waals surface area contributed by atoms with Gasteiger partial charge in [-0.3, -0.25) is 4.40 Å². The number of nitrogens with one attached hydrogen (secondary N) is 1. The number of hydrogen-bond donors (Lipinski definition) is 2. The smallest absolute Gasteiger partial charge is 0.222 e. The fraction of sp³-hybridized carbons (Fsp3) is 0.400. The SMILES string of the molecule is Nc1nc(NCCc2cn3ccsc3n2)cc(C2CCOC2)n1. The molecule has 0 bridgehead atoms. The van der Waals surface area contributed by atoms with Crippen molar-refractivity contribution in [1.29, 1.82) is 0 Å². The van der Waals surface area contributed by atoms with Crippen molar-refractivity contribution in [3.05, 3.63) is 35.2 Å². The van der Waals surface area contributed by atoms with Gasteiger partial charge in [-0.2, -0.15) is 4.98 Å². The summed E-state index contributed by atoms with van der Waals surface area (Å²) in [4.78, 5) is 14.2. The van der Waals surface area contributed by atoms with E-state index in [4.69, 9.17) is 10.5 Å². The van der Waals surface area contributed by atoms with Crippen LogP contribution in [0, 0.1) is 0 Å². The first-order chi connectivity index (χ1) is 11.3. The van der Waals surface area contributed by atoms with Gasteiger partial charge >= 0.3 is 0 Å². The molecule has 1 aliphatic rings. The molecule has 23 heavy (non-hydrogen) atoms. The Morgan fingerprint density at radius 2 is 2.35 bits per heavy atom. The minimum absolute atomic E-state index is 0.305. The summed E-state index contributed by atoms with van der Waals surface area (Å²) in [6.45, 7) is 2.25. The third kappa shape index (κ3) is 3.13. The number of nitrogens with two attached hydrogens (primary N) is 1. The lowest BCUT2D eigenvalue weighted by molar-refractivity contribution is 0.193. The second-order valence-corrected chi connectivity index (χ2v) is 6.47. The van der Waals surface area contributed by atoms with E-state index in [1.807, 2.05) is 22.0 Å². The quantitative estimate of drug-likeness (QED) is 0.743. The maximum Gasteiger partial charge on any atom is 0.222 e. The van der Waals surface area contributed by atoms with Crippen LogP contribution in [0.25, 0.3) is 4.96 Å². The van der Waals surface area contributed by atoms with Crippen molar-refractivity contribution in [1.82, 2.24) is 19.4 Å². The van der Waals surface area contributed by atoms with Crippen molar-refractivity contribution < 1.29 is 4.74 Å². The van der Waals surface area contributed by atoms with E-state index in [1.165, 1.54) is 0 Å². The molecule has 0 aromatic carbocycles. The molecule has 1 saturated heterocycles. The average Bonchev–Trinajstić information content (AvgIpc) is 3.23. The van der Waals surface area contributed by atoms with E-state index in [1.54, 1.807) is 11.3 Å². The van der Waals surface area contributed by atoms with Gasteiger partial charge in [0.25, 0.3) is 0 Å². The van der Waals surface area contributed by atoms with Crippen molar-refractivity contribution >= 4 is 28.1 Å². The highest BCUT2D eigenvalue weighted by atomic mass is 32.1. The fourth-order valence-electron chi connectivity index (χ4n) is 2.77. The van der Waals surface area contributed by atoms with Crippen LogP contribution in [0.1, 0.15) is 23.7 Å². The molecular formula is C15H18N6OS. The van der Waals surface area contributed by atoms with E-state index in [0.717, 1.165) is 48.2 Å². The number of ether oxygens (including phenoxy) is 1. The Kier molecular flexibility index (Phi) is 3.84. The molecule has 1 aliphatic heterocycles. The highest BCUT2D eigenvalue weighted by molar-refractivity contribution is 7.15. The molecule has 120 valence electrons. The van der Waals surface area contributed by atoms with Crippen molar-refractivity contribution in [3.8, 4) is 0 Å². The first kappa shape index (κ1) is 14.4. The Morgan fingerprint density at radius 3 is 3.17 bits per heavy atom. The van der Waals surface area contributed by atoms with E-state index in [9.17, 15) is 0 Å². The van der Waals surface area contributed by atoms with Crippen LogP contribution in [-0.2, 0) is 11.2 Å². The minimum atomic E-state index is 0.305. The molecule has 0 amide bonds. The fourth-order valence-corrected chi connectivity index (χ4v) is 3.49. The number of imidazole rings is 1. The van der Waals surface area contributed by atoms with E-state index in [0.29, 0.717) is 18.5 Å². The van der Waals surface area contributed by atoms with Gasteiger partial charge in [0.2, 0.25) is 5.95 Å². The number of hydrogen-bond acceptors (Lipinski definition) is 7. The zero-order valence-electron chi connectivity index (χ0n) is 12.6. The van der Waals surface area contributed by atoms with Gasteiger partial charge in [-0.1, -0.05) is 0 Å². The molecule has 3 aromatic rings. The standard InChI is InChI=1S/C15H18N6OS/c16-14-19-12(10-2-5-22-9-10)7-13(20-14)17-3-1-11-8-21-4-6-23-15(21)18-11/h4,6-8,10H,1-3,5,9H2,(H3,16,17,19,20). The van der Waals surface area contributed by atoms with Crippen LogP contribution in [0.2, 0.25) is 0 Å². The molecule has 0 aliphatic carbocycles.